The maximum Gasteiger partial charge on any atom is 0.133 e. The van der Waals surface area contributed by atoms with Crippen molar-refractivity contribution in [1.82, 2.24) is 4.98 Å². The molecule has 0 saturated carbocycles. The van der Waals surface area contributed by atoms with Gasteiger partial charge in [0.2, 0.25) is 0 Å². The van der Waals surface area contributed by atoms with Gasteiger partial charge in [-0.3, -0.25) is 0 Å². The lowest BCUT2D eigenvalue weighted by atomic mass is 9.86. The molecule has 3 nitrogen and oxygen atoms in total. The Balaban J connectivity index is 1.89. The van der Waals surface area contributed by atoms with Crippen LogP contribution in [0.4, 0.5) is 5.82 Å². The third-order valence-electron chi connectivity index (χ3n) is 4.15. The average Bonchev–Trinajstić information content (AvgIpc) is 2.96. The molecule has 0 bridgehead atoms. The molecule has 0 amide bonds. The first-order valence-electron chi connectivity index (χ1n) is 7.79. The van der Waals surface area contributed by atoms with Crippen molar-refractivity contribution in [2.75, 3.05) is 18.5 Å². The summed E-state index contributed by atoms with van der Waals surface area (Å²) in [6, 6.07) is 8.74. The maximum atomic E-state index is 5.67. The van der Waals surface area contributed by atoms with E-state index in [2.05, 4.69) is 55.3 Å². The van der Waals surface area contributed by atoms with E-state index in [1.54, 1.807) is 0 Å². The van der Waals surface area contributed by atoms with E-state index >= 15 is 0 Å². The minimum atomic E-state index is 0.149. The van der Waals surface area contributed by atoms with Gasteiger partial charge in [-0.1, -0.05) is 32.9 Å². The molecule has 1 unspecified atom stereocenters. The van der Waals surface area contributed by atoms with Gasteiger partial charge in [0, 0.05) is 24.7 Å². The Morgan fingerprint density at radius 1 is 1.29 bits per heavy atom. The Bertz CT molecular complexity index is 625. The summed E-state index contributed by atoms with van der Waals surface area (Å²) in [5.74, 6) is 0.967. The second-order valence-corrected chi connectivity index (χ2v) is 6.86. The van der Waals surface area contributed by atoms with Gasteiger partial charge in [-0.15, -0.1) is 0 Å². The molecule has 1 N–H and O–H groups in total. The Morgan fingerprint density at radius 3 is 2.86 bits per heavy atom. The standard InChI is InChI=1S/C18H24N2O/c1-18(2,3)14-7-6-13-8-9-19-17(16(13)11-14)20-12-15-5-4-10-21-15/h6-9,11,15H,4-5,10,12H2,1-3H3,(H,19,20). The van der Waals surface area contributed by atoms with Gasteiger partial charge in [0.15, 0.2) is 0 Å². The van der Waals surface area contributed by atoms with Crippen LogP contribution >= 0.6 is 0 Å². The van der Waals surface area contributed by atoms with E-state index in [0.717, 1.165) is 25.4 Å². The molecule has 21 heavy (non-hydrogen) atoms. The summed E-state index contributed by atoms with van der Waals surface area (Å²) in [6.45, 7) is 8.45. The number of anilines is 1. The highest BCUT2D eigenvalue weighted by atomic mass is 16.5. The molecular formula is C18H24N2O. The van der Waals surface area contributed by atoms with Crippen LogP contribution in [-0.2, 0) is 10.2 Å². The van der Waals surface area contributed by atoms with Gasteiger partial charge in [0.25, 0.3) is 0 Å². The van der Waals surface area contributed by atoms with Crippen LogP contribution in [0.25, 0.3) is 10.8 Å². The Morgan fingerprint density at radius 2 is 2.14 bits per heavy atom. The smallest absolute Gasteiger partial charge is 0.133 e. The summed E-state index contributed by atoms with van der Waals surface area (Å²) >= 11 is 0. The molecule has 1 aromatic carbocycles. The van der Waals surface area contributed by atoms with E-state index in [1.165, 1.54) is 22.8 Å². The van der Waals surface area contributed by atoms with Crippen molar-refractivity contribution in [1.29, 1.82) is 0 Å². The molecule has 112 valence electrons. The van der Waals surface area contributed by atoms with Gasteiger partial charge < -0.3 is 10.1 Å². The first-order valence-corrected chi connectivity index (χ1v) is 7.79. The number of rotatable bonds is 3. The van der Waals surface area contributed by atoms with E-state index in [1.807, 2.05) is 6.20 Å². The first-order chi connectivity index (χ1) is 10.0. The van der Waals surface area contributed by atoms with E-state index in [4.69, 9.17) is 4.74 Å². The number of pyridine rings is 1. The molecule has 1 saturated heterocycles. The van der Waals surface area contributed by atoms with Crippen LogP contribution in [0.5, 0.6) is 0 Å². The van der Waals surface area contributed by atoms with Crippen LogP contribution in [0.3, 0.4) is 0 Å². The van der Waals surface area contributed by atoms with Crippen LogP contribution in [0.15, 0.2) is 30.5 Å². The molecule has 3 rings (SSSR count). The number of aromatic nitrogens is 1. The molecule has 1 fully saturated rings. The molecule has 2 heterocycles. The zero-order chi connectivity index (χ0) is 14.9. The fourth-order valence-corrected chi connectivity index (χ4v) is 2.79. The van der Waals surface area contributed by atoms with Gasteiger partial charge in [-0.05, 0) is 41.3 Å². The average molecular weight is 284 g/mol. The van der Waals surface area contributed by atoms with Gasteiger partial charge in [-0.2, -0.15) is 0 Å². The molecule has 0 radical (unpaired) electrons. The van der Waals surface area contributed by atoms with Crippen molar-refractivity contribution < 1.29 is 4.74 Å². The van der Waals surface area contributed by atoms with Gasteiger partial charge >= 0.3 is 0 Å². The highest BCUT2D eigenvalue weighted by molar-refractivity contribution is 5.92. The van der Waals surface area contributed by atoms with Crippen molar-refractivity contribution in [2.24, 2.45) is 0 Å². The number of ether oxygens (including phenoxy) is 1. The highest BCUT2D eigenvalue weighted by Gasteiger charge is 2.17. The predicted molar refractivity (Wildman–Crippen MR) is 87.9 cm³/mol. The summed E-state index contributed by atoms with van der Waals surface area (Å²) < 4.78 is 5.67. The number of nitrogens with zero attached hydrogens (tertiary/aromatic N) is 1. The largest absolute Gasteiger partial charge is 0.376 e. The van der Waals surface area contributed by atoms with Crippen LogP contribution in [0.1, 0.15) is 39.2 Å². The quantitative estimate of drug-likeness (QED) is 0.920. The zero-order valence-electron chi connectivity index (χ0n) is 13.1. The lowest BCUT2D eigenvalue weighted by Gasteiger charge is -2.20. The van der Waals surface area contributed by atoms with Crippen molar-refractivity contribution >= 4 is 16.6 Å². The minimum Gasteiger partial charge on any atom is -0.376 e. The second kappa shape index (κ2) is 5.64. The van der Waals surface area contributed by atoms with Crippen LogP contribution < -0.4 is 5.32 Å². The predicted octanol–water partition coefficient (Wildman–Crippen LogP) is 4.12. The Labute approximate surface area is 126 Å². The monoisotopic (exact) mass is 284 g/mol. The minimum absolute atomic E-state index is 0.149. The molecule has 3 heteroatoms. The van der Waals surface area contributed by atoms with Gasteiger partial charge in [0.05, 0.1) is 6.10 Å². The Hall–Kier alpha value is -1.61. The lowest BCUT2D eigenvalue weighted by Crippen LogP contribution is -2.19. The number of fused-ring (bicyclic) bond motifs is 1. The molecule has 1 atom stereocenters. The lowest BCUT2D eigenvalue weighted by molar-refractivity contribution is 0.120. The van der Waals surface area contributed by atoms with Gasteiger partial charge in [-0.25, -0.2) is 4.98 Å². The third-order valence-corrected chi connectivity index (χ3v) is 4.15. The van der Waals surface area contributed by atoms with Crippen LogP contribution in [0, 0.1) is 0 Å². The molecule has 1 aromatic heterocycles. The maximum absolute atomic E-state index is 5.67. The van der Waals surface area contributed by atoms with Crippen LogP contribution in [0.2, 0.25) is 0 Å². The summed E-state index contributed by atoms with van der Waals surface area (Å²) in [6.07, 6.45) is 4.51. The molecule has 0 spiro atoms. The number of hydrogen-bond acceptors (Lipinski definition) is 3. The Kier molecular flexibility index (Phi) is 3.85. The van der Waals surface area contributed by atoms with E-state index in [-0.39, 0.29) is 5.41 Å². The molecule has 0 aliphatic carbocycles. The third kappa shape index (κ3) is 3.18. The summed E-state index contributed by atoms with van der Waals surface area (Å²) in [7, 11) is 0. The SMILES string of the molecule is CC(C)(C)c1ccc2ccnc(NCC3CCCO3)c2c1. The highest BCUT2D eigenvalue weighted by Crippen LogP contribution is 2.29. The van der Waals surface area contributed by atoms with Crippen molar-refractivity contribution in [3.05, 3.63) is 36.0 Å². The second-order valence-electron chi connectivity index (χ2n) is 6.86. The van der Waals surface area contributed by atoms with E-state index in [0.29, 0.717) is 6.10 Å². The first kappa shape index (κ1) is 14.3. The number of benzene rings is 1. The normalized spacial score (nSPS) is 19.1. The number of hydrogen-bond donors (Lipinski definition) is 1. The van der Waals surface area contributed by atoms with E-state index in [9.17, 15) is 0 Å². The number of nitrogens with one attached hydrogen (secondary N) is 1. The zero-order valence-corrected chi connectivity index (χ0v) is 13.1. The van der Waals surface area contributed by atoms with Crippen LogP contribution in [-0.4, -0.2) is 24.2 Å². The molecular weight excluding hydrogens is 260 g/mol. The van der Waals surface area contributed by atoms with Crippen molar-refractivity contribution in [3.8, 4) is 0 Å². The molecule has 1 aliphatic rings. The van der Waals surface area contributed by atoms with Crippen molar-refractivity contribution in [3.63, 3.8) is 0 Å². The molecule has 1 aliphatic heterocycles. The topological polar surface area (TPSA) is 34.2 Å². The van der Waals surface area contributed by atoms with E-state index < -0.39 is 0 Å². The summed E-state index contributed by atoms with van der Waals surface area (Å²) in [4.78, 5) is 4.52. The van der Waals surface area contributed by atoms with Gasteiger partial charge in [0.1, 0.15) is 5.82 Å². The fourth-order valence-electron chi connectivity index (χ4n) is 2.79. The molecule has 2 aromatic rings. The summed E-state index contributed by atoms with van der Waals surface area (Å²) in [5.41, 5.74) is 1.48. The fraction of sp³-hybridized carbons (Fsp3) is 0.500. The summed E-state index contributed by atoms with van der Waals surface area (Å²) in [5, 5.41) is 5.90. The van der Waals surface area contributed by atoms with Crippen molar-refractivity contribution in [2.45, 2.75) is 45.1 Å².